The van der Waals surface area contributed by atoms with Crippen molar-refractivity contribution in [1.82, 2.24) is 19.8 Å². The number of rotatable bonds is 6. The standard InChI is InChI=1S/C19H26FN5/c1-2-21-19-22-12-17(13-23-19)15-25-9-3-8-24(10-11-25)14-16-4-6-18(20)7-5-16/h4-7,12-13H,2-3,8-11,14-15H2,1H3,(H,21,22,23). The number of hydrogen-bond donors (Lipinski definition) is 1. The first-order chi connectivity index (χ1) is 12.2. The summed E-state index contributed by atoms with van der Waals surface area (Å²) < 4.78 is 13.0. The summed E-state index contributed by atoms with van der Waals surface area (Å²) in [5.41, 5.74) is 2.32. The lowest BCUT2D eigenvalue weighted by molar-refractivity contribution is 0.247. The van der Waals surface area contributed by atoms with Gasteiger partial charge in [0, 0.05) is 50.7 Å². The van der Waals surface area contributed by atoms with Crippen LogP contribution in [0.2, 0.25) is 0 Å². The van der Waals surface area contributed by atoms with Crippen molar-refractivity contribution in [3.05, 3.63) is 53.6 Å². The third kappa shape index (κ3) is 5.47. The largest absolute Gasteiger partial charge is 0.355 e. The lowest BCUT2D eigenvalue weighted by Crippen LogP contribution is -2.30. The van der Waals surface area contributed by atoms with E-state index < -0.39 is 0 Å². The second kappa shape index (κ2) is 8.87. The van der Waals surface area contributed by atoms with Gasteiger partial charge in [0.2, 0.25) is 5.95 Å². The summed E-state index contributed by atoms with van der Waals surface area (Å²) in [7, 11) is 0. The summed E-state index contributed by atoms with van der Waals surface area (Å²) >= 11 is 0. The SMILES string of the molecule is CCNc1ncc(CN2CCCN(Cc3ccc(F)cc3)CC2)cn1. The second-order valence-corrected chi connectivity index (χ2v) is 6.48. The maximum atomic E-state index is 13.0. The smallest absolute Gasteiger partial charge is 0.222 e. The van der Waals surface area contributed by atoms with Gasteiger partial charge in [0.25, 0.3) is 0 Å². The van der Waals surface area contributed by atoms with Crippen molar-refractivity contribution in [1.29, 1.82) is 0 Å². The zero-order chi connectivity index (χ0) is 17.5. The predicted molar refractivity (Wildman–Crippen MR) is 97.8 cm³/mol. The Bertz CT molecular complexity index is 644. The summed E-state index contributed by atoms with van der Waals surface area (Å²) in [6, 6.07) is 6.83. The molecule has 2 aromatic rings. The van der Waals surface area contributed by atoms with Gasteiger partial charge in [0.05, 0.1) is 0 Å². The zero-order valence-corrected chi connectivity index (χ0v) is 14.8. The number of nitrogens with one attached hydrogen (secondary N) is 1. The van der Waals surface area contributed by atoms with Gasteiger partial charge in [0.1, 0.15) is 5.82 Å². The fourth-order valence-corrected chi connectivity index (χ4v) is 3.13. The maximum absolute atomic E-state index is 13.0. The van der Waals surface area contributed by atoms with Crippen LogP contribution in [0.5, 0.6) is 0 Å². The van der Waals surface area contributed by atoms with Crippen molar-refractivity contribution in [2.75, 3.05) is 38.0 Å². The Balaban J connectivity index is 1.50. The van der Waals surface area contributed by atoms with E-state index in [-0.39, 0.29) is 5.82 Å². The van der Waals surface area contributed by atoms with Crippen LogP contribution >= 0.6 is 0 Å². The Labute approximate surface area is 148 Å². The number of benzene rings is 1. The van der Waals surface area contributed by atoms with Crippen molar-refractivity contribution in [2.45, 2.75) is 26.4 Å². The molecule has 1 saturated heterocycles. The normalized spacial score (nSPS) is 16.6. The quantitative estimate of drug-likeness (QED) is 0.874. The van der Waals surface area contributed by atoms with E-state index in [2.05, 4.69) is 25.1 Å². The van der Waals surface area contributed by atoms with Gasteiger partial charge in [-0.1, -0.05) is 12.1 Å². The van der Waals surface area contributed by atoms with Crippen molar-refractivity contribution in [3.8, 4) is 0 Å². The Morgan fingerprint density at radius 2 is 1.52 bits per heavy atom. The molecule has 1 aliphatic heterocycles. The van der Waals surface area contributed by atoms with E-state index in [4.69, 9.17) is 0 Å². The fourth-order valence-electron chi connectivity index (χ4n) is 3.13. The number of hydrogen-bond acceptors (Lipinski definition) is 5. The molecular weight excluding hydrogens is 317 g/mol. The first-order valence-electron chi connectivity index (χ1n) is 8.97. The highest BCUT2D eigenvalue weighted by atomic mass is 19.1. The van der Waals surface area contributed by atoms with Crippen molar-refractivity contribution in [2.24, 2.45) is 0 Å². The second-order valence-electron chi connectivity index (χ2n) is 6.48. The third-order valence-corrected chi connectivity index (χ3v) is 4.45. The van der Waals surface area contributed by atoms with Crippen molar-refractivity contribution < 1.29 is 4.39 Å². The van der Waals surface area contributed by atoms with Crippen LogP contribution in [0.4, 0.5) is 10.3 Å². The molecule has 1 aliphatic rings. The molecule has 0 spiro atoms. The molecule has 2 heterocycles. The van der Waals surface area contributed by atoms with Gasteiger partial charge in [-0.3, -0.25) is 9.80 Å². The number of nitrogens with zero attached hydrogens (tertiary/aromatic N) is 4. The van der Waals surface area contributed by atoms with E-state index >= 15 is 0 Å². The molecule has 25 heavy (non-hydrogen) atoms. The van der Waals surface area contributed by atoms with Gasteiger partial charge in [0.15, 0.2) is 0 Å². The lowest BCUT2D eigenvalue weighted by Gasteiger charge is -2.21. The molecule has 1 aromatic carbocycles. The topological polar surface area (TPSA) is 44.3 Å². The average molecular weight is 343 g/mol. The van der Waals surface area contributed by atoms with E-state index in [0.717, 1.165) is 57.8 Å². The molecule has 0 saturated carbocycles. The predicted octanol–water partition coefficient (Wildman–Crippen LogP) is 2.76. The highest BCUT2D eigenvalue weighted by Crippen LogP contribution is 2.12. The van der Waals surface area contributed by atoms with E-state index in [1.54, 1.807) is 0 Å². The molecule has 3 rings (SSSR count). The number of anilines is 1. The van der Waals surface area contributed by atoms with Crippen LogP contribution in [-0.4, -0.2) is 52.5 Å². The minimum Gasteiger partial charge on any atom is -0.355 e. The number of aromatic nitrogens is 2. The molecule has 0 unspecified atom stereocenters. The molecule has 6 heteroatoms. The van der Waals surface area contributed by atoms with Crippen molar-refractivity contribution in [3.63, 3.8) is 0 Å². The first kappa shape index (κ1) is 17.8. The van der Waals surface area contributed by atoms with Crippen LogP contribution in [0.15, 0.2) is 36.7 Å². The highest BCUT2D eigenvalue weighted by molar-refractivity contribution is 5.24. The molecule has 0 amide bonds. The van der Waals surface area contributed by atoms with Gasteiger partial charge in [-0.2, -0.15) is 0 Å². The van der Waals surface area contributed by atoms with Crippen LogP contribution in [0.25, 0.3) is 0 Å². The van der Waals surface area contributed by atoms with E-state index in [0.29, 0.717) is 5.95 Å². The zero-order valence-electron chi connectivity index (χ0n) is 14.8. The summed E-state index contributed by atoms with van der Waals surface area (Å²) in [4.78, 5) is 13.6. The molecule has 0 atom stereocenters. The Kier molecular flexibility index (Phi) is 6.30. The fraction of sp³-hybridized carbons (Fsp3) is 0.474. The van der Waals surface area contributed by atoms with E-state index in [1.807, 2.05) is 31.5 Å². The van der Waals surface area contributed by atoms with Gasteiger partial charge >= 0.3 is 0 Å². The Morgan fingerprint density at radius 1 is 0.920 bits per heavy atom. The molecule has 0 aliphatic carbocycles. The third-order valence-electron chi connectivity index (χ3n) is 4.45. The maximum Gasteiger partial charge on any atom is 0.222 e. The van der Waals surface area contributed by atoms with Crippen molar-refractivity contribution >= 4 is 5.95 Å². The highest BCUT2D eigenvalue weighted by Gasteiger charge is 2.15. The molecule has 5 nitrogen and oxygen atoms in total. The van der Waals surface area contributed by atoms with E-state index in [1.165, 1.54) is 17.7 Å². The van der Waals surface area contributed by atoms with Gasteiger partial charge in [-0.05, 0) is 44.1 Å². The van der Waals surface area contributed by atoms with Crippen LogP contribution in [0, 0.1) is 5.82 Å². The molecule has 0 radical (unpaired) electrons. The average Bonchev–Trinajstić information content (AvgIpc) is 2.84. The van der Waals surface area contributed by atoms with E-state index in [9.17, 15) is 4.39 Å². The minimum atomic E-state index is -0.173. The van der Waals surface area contributed by atoms with Crippen LogP contribution in [0.3, 0.4) is 0 Å². The number of halogens is 1. The summed E-state index contributed by atoms with van der Waals surface area (Å²) in [6.07, 6.45) is 4.95. The molecule has 0 bridgehead atoms. The molecular formula is C19H26FN5. The molecule has 1 aromatic heterocycles. The van der Waals surface area contributed by atoms with Crippen LogP contribution in [0.1, 0.15) is 24.5 Å². The molecule has 1 fully saturated rings. The molecule has 1 N–H and O–H groups in total. The Morgan fingerprint density at radius 3 is 2.12 bits per heavy atom. The van der Waals surface area contributed by atoms with Gasteiger partial charge in [-0.15, -0.1) is 0 Å². The van der Waals surface area contributed by atoms with Gasteiger partial charge < -0.3 is 5.32 Å². The minimum absolute atomic E-state index is 0.173. The first-order valence-corrected chi connectivity index (χ1v) is 8.97. The monoisotopic (exact) mass is 343 g/mol. The lowest BCUT2D eigenvalue weighted by atomic mass is 10.2. The Hall–Kier alpha value is -2.05. The summed E-state index contributed by atoms with van der Waals surface area (Å²) in [5, 5.41) is 3.11. The molecule has 134 valence electrons. The van der Waals surface area contributed by atoms with Gasteiger partial charge in [-0.25, -0.2) is 14.4 Å². The van der Waals surface area contributed by atoms with Crippen LogP contribution in [-0.2, 0) is 13.1 Å². The summed E-state index contributed by atoms with van der Waals surface area (Å²) in [6.45, 7) is 8.83. The van der Waals surface area contributed by atoms with Crippen LogP contribution < -0.4 is 5.32 Å². The summed E-state index contributed by atoms with van der Waals surface area (Å²) in [5.74, 6) is 0.515.